The Kier molecular flexibility index (Phi) is 5.85. The van der Waals surface area contributed by atoms with Gasteiger partial charge in [-0.3, -0.25) is 0 Å². The first-order valence-electron chi connectivity index (χ1n) is 6.53. The summed E-state index contributed by atoms with van der Waals surface area (Å²) in [7, 11) is 0. The van der Waals surface area contributed by atoms with Gasteiger partial charge in [0, 0.05) is 0 Å². The number of rotatable bonds is 5. The smallest absolute Gasteiger partial charge is 0.417 e. The van der Waals surface area contributed by atoms with Gasteiger partial charge < -0.3 is 4.74 Å². The van der Waals surface area contributed by atoms with Crippen LogP contribution in [-0.4, -0.2) is 12.6 Å². The van der Waals surface area contributed by atoms with Crippen molar-refractivity contribution in [1.82, 2.24) is 0 Å². The first-order chi connectivity index (χ1) is 10.1. The van der Waals surface area contributed by atoms with Crippen molar-refractivity contribution in [3.05, 3.63) is 34.9 Å². The first kappa shape index (κ1) is 18.3. The standard InChI is InChI=1S/C14H14F6O2/c1-2-3-4-7-22-12(21)10-8-9(13(15,16)17)5-6-11(10)14(18,19)20/h5-6,8H,2-4,7H2,1H3. The highest BCUT2D eigenvalue weighted by molar-refractivity contribution is 5.91. The highest BCUT2D eigenvalue weighted by Crippen LogP contribution is 2.36. The minimum atomic E-state index is -4.94. The Balaban J connectivity index is 3.09. The number of unbranched alkanes of at least 4 members (excludes halogenated alkanes) is 2. The molecule has 0 heterocycles. The van der Waals surface area contributed by atoms with Crippen molar-refractivity contribution >= 4 is 5.97 Å². The van der Waals surface area contributed by atoms with E-state index in [1.165, 1.54) is 0 Å². The van der Waals surface area contributed by atoms with Crippen LogP contribution in [0.4, 0.5) is 26.3 Å². The number of halogens is 6. The number of esters is 1. The molecular formula is C14H14F6O2. The maximum atomic E-state index is 12.8. The van der Waals surface area contributed by atoms with Crippen LogP contribution in [0.2, 0.25) is 0 Å². The molecule has 0 bridgehead atoms. The fourth-order valence-corrected chi connectivity index (χ4v) is 1.73. The molecule has 22 heavy (non-hydrogen) atoms. The van der Waals surface area contributed by atoms with E-state index in [1.807, 2.05) is 6.92 Å². The summed E-state index contributed by atoms with van der Waals surface area (Å²) in [6, 6.07) is 0.702. The van der Waals surface area contributed by atoms with Gasteiger partial charge in [-0.1, -0.05) is 19.8 Å². The molecule has 0 saturated carbocycles. The van der Waals surface area contributed by atoms with Crippen molar-refractivity contribution in [1.29, 1.82) is 0 Å². The highest BCUT2D eigenvalue weighted by atomic mass is 19.4. The lowest BCUT2D eigenvalue weighted by Crippen LogP contribution is -2.17. The number of hydrogen-bond donors (Lipinski definition) is 0. The van der Waals surface area contributed by atoms with Crippen LogP contribution < -0.4 is 0 Å². The molecule has 8 heteroatoms. The van der Waals surface area contributed by atoms with Crippen molar-refractivity contribution in [3.63, 3.8) is 0 Å². The van der Waals surface area contributed by atoms with Gasteiger partial charge in [0.1, 0.15) is 0 Å². The Morgan fingerprint density at radius 1 is 1.05 bits per heavy atom. The molecule has 0 saturated heterocycles. The van der Waals surface area contributed by atoms with E-state index in [1.54, 1.807) is 0 Å². The maximum Gasteiger partial charge on any atom is 0.417 e. The predicted octanol–water partition coefficient (Wildman–Crippen LogP) is 5.07. The Bertz CT molecular complexity index is 519. The molecule has 0 aliphatic rings. The molecule has 1 rings (SSSR count). The summed E-state index contributed by atoms with van der Waals surface area (Å²) >= 11 is 0. The normalized spacial score (nSPS) is 12.3. The van der Waals surface area contributed by atoms with E-state index >= 15 is 0 Å². The second-order valence-electron chi connectivity index (χ2n) is 4.60. The summed E-state index contributed by atoms with van der Waals surface area (Å²) in [6.07, 6.45) is -7.86. The lowest BCUT2D eigenvalue weighted by Gasteiger charge is -2.15. The molecule has 1 aromatic rings. The van der Waals surface area contributed by atoms with E-state index in [-0.39, 0.29) is 24.8 Å². The number of carbonyl (C=O) groups is 1. The van der Waals surface area contributed by atoms with Crippen molar-refractivity contribution < 1.29 is 35.9 Å². The SMILES string of the molecule is CCCCCOC(=O)c1cc(C(F)(F)F)ccc1C(F)(F)F. The Morgan fingerprint density at radius 3 is 2.18 bits per heavy atom. The zero-order chi connectivity index (χ0) is 17.0. The monoisotopic (exact) mass is 328 g/mol. The molecule has 2 nitrogen and oxygen atoms in total. The van der Waals surface area contributed by atoms with Gasteiger partial charge in [0.2, 0.25) is 0 Å². The summed E-state index contributed by atoms with van der Waals surface area (Å²) < 4.78 is 80.7. The van der Waals surface area contributed by atoms with Gasteiger partial charge in [0.15, 0.2) is 0 Å². The van der Waals surface area contributed by atoms with E-state index in [0.29, 0.717) is 12.8 Å². The third-order valence-electron chi connectivity index (χ3n) is 2.85. The molecule has 0 unspecified atom stereocenters. The average molecular weight is 328 g/mol. The van der Waals surface area contributed by atoms with E-state index in [9.17, 15) is 31.1 Å². The van der Waals surface area contributed by atoms with E-state index < -0.39 is 35.0 Å². The summed E-state index contributed by atoms with van der Waals surface area (Å²) in [6.45, 7) is 1.73. The number of hydrogen-bond acceptors (Lipinski definition) is 2. The van der Waals surface area contributed by atoms with Crippen molar-refractivity contribution in [2.24, 2.45) is 0 Å². The molecule has 124 valence electrons. The number of carbonyl (C=O) groups excluding carboxylic acids is 1. The summed E-state index contributed by atoms with van der Waals surface area (Å²) in [5.41, 5.74) is -3.90. The number of ether oxygens (including phenoxy) is 1. The second-order valence-corrected chi connectivity index (χ2v) is 4.60. The van der Waals surface area contributed by atoms with Crippen LogP contribution in [0.1, 0.15) is 47.7 Å². The molecule has 0 aromatic heterocycles. The van der Waals surface area contributed by atoms with Gasteiger partial charge in [-0.05, 0) is 24.6 Å². The third-order valence-corrected chi connectivity index (χ3v) is 2.85. The third kappa shape index (κ3) is 4.92. The largest absolute Gasteiger partial charge is 0.462 e. The van der Waals surface area contributed by atoms with Crippen molar-refractivity contribution in [2.75, 3.05) is 6.61 Å². The molecular weight excluding hydrogens is 314 g/mol. The lowest BCUT2D eigenvalue weighted by molar-refractivity contribution is -0.141. The van der Waals surface area contributed by atoms with Crippen LogP contribution in [0.15, 0.2) is 18.2 Å². The van der Waals surface area contributed by atoms with Gasteiger partial charge in [0.25, 0.3) is 0 Å². The Morgan fingerprint density at radius 2 is 1.68 bits per heavy atom. The molecule has 0 aliphatic heterocycles. The minimum Gasteiger partial charge on any atom is -0.462 e. The topological polar surface area (TPSA) is 26.3 Å². The molecule has 0 N–H and O–H groups in total. The van der Waals surface area contributed by atoms with Gasteiger partial charge in [-0.25, -0.2) is 4.79 Å². The van der Waals surface area contributed by atoms with Crippen molar-refractivity contribution in [2.45, 2.75) is 38.5 Å². The van der Waals surface area contributed by atoms with E-state index in [2.05, 4.69) is 4.74 Å². The molecule has 0 aliphatic carbocycles. The quantitative estimate of drug-likeness (QED) is 0.428. The van der Waals surface area contributed by atoms with Crippen LogP contribution in [0.25, 0.3) is 0 Å². The zero-order valence-electron chi connectivity index (χ0n) is 11.6. The minimum absolute atomic E-state index is 0.139. The molecule has 1 aromatic carbocycles. The predicted molar refractivity (Wildman–Crippen MR) is 66.3 cm³/mol. The summed E-state index contributed by atoms with van der Waals surface area (Å²) in [4.78, 5) is 11.7. The number of alkyl halides is 6. The van der Waals surface area contributed by atoms with Crippen LogP contribution in [0, 0.1) is 0 Å². The molecule has 0 radical (unpaired) electrons. The van der Waals surface area contributed by atoms with E-state index in [0.717, 1.165) is 6.42 Å². The van der Waals surface area contributed by atoms with Crippen LogP contribution in [0.5, 0.6) is 0 Å². The van der Waals surface area contributed by atoms with Gasteiger partial charge in [0.05, 0.1) is 23.3 Å². The van der Waals surface area contributed by atoms with Crippen LogP contribution in [0.3, 0.4) is 0 Å². The zero-order valence-corrected chi connectivity index (χ0v) is 11.6. The fraction of sp³-hybridized carbons (Fsp3) is 0.500. The maximum absolute atomic E-state index is 12.8. The van der Waals surface area contributed by atoms with Crippen molar-refractivity contribution in [3.8, 4) is 0 Å². The summed E-state index contributed by atoms with van der Waals surface area (Å²) in [5.74, 6) is -1.41. The molecule has 0 amide bonds. The van der Waals surface area contributed by atoms with Gasteiger partial charge in [-0.15, -0.1) is 0 Å². The summed E-state index contributed by atoms with van der Waals surface area (Å²) in [5, 5.41) is 0. The molecule has 0 spiro atoms. The van der Waals surface area contributed by atoms with E-state index in [4.69, 9.17) is 0 Å². The van der Waals surface area contributed by atoms with Crippen LogP contribution in [-0.2, 0) is 17.1 Å². The molecule has 0 atom stereocenters. The van der Waals surface area contributed by atoms with Crippen LogP contribution >= 0.6 is 0 Å². The fourth-order valence-electron chi connectivity index (χ4n) is 1.73. The Labute approximate surface area is 123 Å². The van der Waals surface area contributed by atoms with Gasteiger partial charge in [-0.2, -0.15) is 26.3 Å². The lowest BCUT2D eigenvalue weighted by atomic mass is 10.0. The average Bonchev–Trinajstić information content (AvgIpc) is 2.40. The number of benzene rings is 1. The first-order valence-corrected chi connectivity index (χ1v) is 6.53. The second kappa shape index (κ2) is 7.02. The molecule has 0 fully saturated rings. The highest BCUT2D eigenvalue weighted by Gasteiger charge is 2.39. The Hall–Kier alpha value is -1.73. The van der Waals surface area contributed by atoms with Gasteiger partial charge >= 0.3 is 18.3 Å².